The maximum absolute atomic E-state index is 4.54. The Morgan fingerprint density at radius 2 is 1.81 bits per heavy atom. The average molecular weight is 348 g/mol. The first-order valence-corrected chi connectivity index (χ1v) is 9.15. The summed E-state index contributed by atoms with van der Waals surface area (Å²) < 4.78 is 0. The highest BCUT2D eigenvalue weighted by Gasteiger charge is 2.16. The van der Waals surface area contributed by atoms with E-state index in [1.54, 1.807) is 12.4 Å². The largest absolute Gasteiger partial charge is 0.369 e. The first-order chi connectivity index (χ1) is 12.7. The van der Waals surface area contributed by atoms with Crippen molar-refractivity contribution in [1.29, 1.82) is 0 Å². The second-order valence-corrected chi connectivity index (χ2v) is 6.64. The molecule has 0 spiro atoms. The van der Waals surface area contributed by atoms with E-state index in [-0.39, 0.29) is 0 Å². The molecule has 134 valence electrons. The van der Waals surface area contributed by atoms with E-state index in [1.807, 2.05) is 12.1 Å². The molecule has 1 aromatic carbocycles. The molecule has 1 N–H and O–H groups in total. The number of benzene rings is 1. The summed E-state index contributed by atoms with van der Waals surface area (Å²) in [5, 5.41) is 3.41. The lowest BCUT2D eigenvalue weighted by atomic mass is 10.1. The van der Waals surface area contributed by atoms with E-state index in [9.17, 15) is 0 Å². The van der Waals surface area contributed by atoms with Crippen molar-refractivity contribution in [1.82, 2.24) is 19.9 Å². The van der Waals surface area contributed by atoms with Gasteiger partial charge in [0.15, 0.2) is 5.65 Å². The third-order valence-corrected chi connectivity index (χ3v) is 4.99. The second kappa shape index (κ2) is 7.25. The lowest BCUT2D eigenvalue weighted by Gasteiger charge is -2.35. The van der Waals surface area contributed by atoms with Crippen molar-refractivity contribution >= 4 is 28.4 Å². The van der Waals surface area contributed by atoms with Gasteiger partial charge in [-0.05, 0) is 49.4 Å². The molecule has 6 nitrogen and oxygen atoms in total. The van der Waals surface area contributed by atoms with E-state index in [2.05, 4.69) is 62.1 Å². The molecule has 1 aliphatic heterocycles. The molecule has 0 radical (unpaired) electrons. The Bertz CT molecular complexity index is 902. The number of anilines is 3. The van der Waals surface area contributed by atoms with E-state index in [0.29, 0.717) is 5.65 Å². The number of hydrogen-bond donors (Lipinski definition) is 1. The predicted octanol–water partition coefficient (Wildman–Crippen LogP) is 3.22. The molecule has 1 fully saturated rings. The van der Waals surface area contributed by atoms with Crippen LogP contribution in [0.15, 0.2) is 42.7 Å². The highest BCUT2D eigenvalue weighted by atomic mass is 15.3. The summed E-state index contributed by atoms with van der Waals surface area (Å²) in [6, 6.07) is 10.5. The Hall–Kier alpha value is -2.73. The molecule has 1 saturated heterocycles. The average Bonchev–Trinajstić information content (AvgIpc) is 2.69. The van der Waals surface area contributed by atoms with Crippen LogP contribution in [0.1, 0.15) is 12.5 Å². The molecule has 0 bridgehead atoms. The summed E-state index contributed by atoms with van der Waals surface area (Å²) in [5.74, 6) is 0.783. The molecule has 2 aromatic heterocycles. The van der Waals surface area contributed by atoms with Crippen molar-refractivity contribution in [2.24, 2.45) is 0 Å². The van der Waals surface area contributed by atoms with Crippen LogP contribution >= 0.6 is 0 Å². The van der Waals surface area contributed by atoms with Crippen LogP contribution in [0.3, 0.4) is 0 Å². The van der Waals surface area contributed by atoms with Crippen molar-refractivity contribution in [3.8, 4) is 0 Å². The van der Waals surface area contributed by atoms with Crippen molar-refractivity contribution < 1.29 is 0 Å². The van der Waals surface area contributed by atoms with Crippen molar-refractivity contribution in [2.45, 2.75) is 13.8 Å². The quantitative estimate of drug-likeness (QED) is 0.781. The molecule has 0 atom stereocenters. The van der Waals surface area contributed by atoms with E-state index in [0.717, 1.165) is 49.7 Å². The maximum Gasteiger partial charge on any atom is 0.180 e. The summed E-state index contributed by atoms with van der Waals surface area (Å²) in [4.78, 5) is 18.0. The number of piperazine rings is 1. The number of pyridine rings is 1. The van der Waals surface area contributed by atoms with Gasteiger partial charge in [0, 0.05) is 49.9 Å². The maximum atomic E-state index is 4.54. The first-order valence-electron chi connectivity index (χ1n) is 9.15. The third-order valence-electron chi connectivity index (χ3n) is 4.99. The lowest BCUT2D eigenvalue weighted by molar-refractivity contribution is 0.271. The van der Waals surface area contributed by atoms with E-state index in [1.165, 1.54) is 11.3 Å². The Morgan fingerprint density at radius 3 is 2.58 bits per heavy atom. The molecule has 3 heterocycles. The van der Waals surface area contributed by atoms with Gasteiger partial charge in [-0.2, -0.15) is 0 Å². The number of hydrogen-bond acceptors (Lipinski definition) is 6. The predicted molar refractivity (Wildman–Crippen MR) is 106 cm³/mol. The van der Waals surface area contributed by atoms with Gasteiger partial charge in [-0.25, -0.2) is 9.97 Å². The van der Waals surface area contributed by atoms with Crippen LogP contribution in [-0.4, -0.2) is 52.6 Å². The van der Waals surface area contributed by atoms with E-state index in [4.69, 9.17) is 0 Å². The fourth-order valence-electron chi connectivity index (χ4n) is 3.37. The molecule has 0 saturated carbocycles. The summed E-state index contributed by atoms with van der Waals surface area (Å²) in [5.41, 5.74) is 5.02. The summed E-state index contributed by atoms with van der Waals surface area (Å²) in [6.07, 6.45) is 3.34. The zero-order valence-electron chi connectivity index (χ0n) is 15.3. The molecule has 0 unspecified atom stereocenters. The summed E-state index contributed by atoms with van der Waals surface area (Å²) in [6.45, 7) is 9.95. The highest BCUT2D eigenvalue weighted by Crippen LogP contribution is 2.26. The van der Waals surface area contributed by atoms with Gasteiger partial charge in [-0.3, -0.25) is 4.98 Å². The lowest BCUT2D eigenvalue weighted by Crippen LogP contribution is -2.46. The van der Waals surface area contributed by atoms with Gasteiger partial charge in [0.1, 0.15) is 11.3 Å². The second-order valence-electron chi connectivity index (χ2n) is 6.64. The van der Waals surface area contributed by atoms with Crippen LogP contribution in [0, 0.1) is 6.92 Å². The van der Waals surface area contributed by atoms with E-state index < -0.39 is 0 Å². The normalized spacial score (nSPS) is 15.4. The number of rotatable bonds is 4. The van der Waals surface area contributed by atoms with Crippen LogP contribution in [-0.2, 0) is 0 Å². The van der Waals surface area contributed by atoms with Crippen molar-refractivity contribution in [3.63, 3.8) is 0 Å². The zero-order valence-corrected chi connectivity index (χ0v) is 15.3. The van der Waals surface area contributed by atoms with Crippen LogP contribution in [0.2, 0.25) is 0 Å². The van der Waals surface area contributed by atoms with E-state index >= 15 is 0 Å². The minimum Gasteiger partial charge on any atom is -0.369 e. The zero-order chi connectivity index (χ0) is 17.9. The minimum absolute atomic E-state index is 0.653. The number of aryl methyl sites for hydroxylation is 1. The number of likely N-dealkylation sites (N-methyl/N-ethyl adjacent to an activating group) is 1. The first kappa shape index (κ1) is 16.7. The molecular weight excluding hydrogens is 324 g/mol. The van der Waals surface area contributed by atoms with Gasteiger partial charge in [0.2, 0.25) is 0 Å². The monoisotopic (exact) mass is 348 g/mol. The van der Waals surface area contributed by atoms with Gasteiger partial charge in [-0.1, -0.05) is 6.92 Å². The molecule has 3 aromatic rings. The smallest absolute Gasteiger partial charge is 0.180 e. The molecule has 0 aliphatic carbocycles. The van der Waals surface area contributed by atoms with Gasteiger partial charge in [0.25, 0.3) is 0 Å². The van der Waals surface area contributed by atoms with Crippen LogP contribution < -0.4 is 10.2 Å². The molecule has 1 aliphatic rings. The Balaban J connectivity index is 1.50. The van der Waals surface area contributed by atoms with Crippen LogP contribution in [0.25, 0.3) is 11.2 Å². The van der Waals surface area contributed by atoms with Crippen LogP contribution in [0.4, 0.5) is 17.2 Å². The topological polar surface area (TPSA) is 57.2 Å². The molecule has 4 rings (SSSR count). The molecular formula is C20H24N6. The van der Waals surface area contributed by atoms with Gasteiger partial charge < -0.3 is 15.1 Å². The standard InChI is InChI=1S/C20H24N6/c1-3-25-10-12-26(13-11-25)16-4-5-17(15(2)14-16)23-19-7-6-18-20(24-19)22-9-8-21-18/h4-9,14H,3,10-13H2,1-2H3,(H,22,23,24). The fourth-order valence-corrected chi connectivity index (χ4v) is 3.37. The highest BCUT2D eigenvalue weighted by molar-refractivity contribution is 5.74. The van der Waals surface area contributed by atoms with Gasteiger partial charge in [0.05, 0.1) is 0 Å². The summed E-state index contributed by atoms with van der Waals surface area (Å²) in [7, 11) is 0. The van der Waals surface area contributed by atoms with Crippen molar-refractivity contribution in [2.75, 3.05) is 42.9 Å². The molecule has 26 heavy (non-hydrogen) atoms. The Kier molecular flexibility index (Phi) is 4.67. The van der Waals surface area contributed by atoms with Crippen LogP contribution in [0.5, 0.6) is 0 Å². The molecule has 6 heteroatoms. The Labute approximate surface area is 153 Å². The Morgan fingerprint density at radius 1 is 1.00 bits per heavy atom. The minimum atomic E-state index is 0.653. The number of fused-ring (bicyclic) bond motifs is 1. The van der Waals surface area contributed by atoms with Gasteiger partial charge in [-0.15, -0.1) is 0 Å². The number of nitrogens with one attached hydrogen (secondary N) is 1. The number of aromatic nitrogens is 3. The van der Waals surface area contributed by atoms with Crippen molar-refractivity contribution in [3.05, 3.63) is 48.3 Å². The SMILES string of the molecule is CCN1CCN(c2ccc(Nc3ccc4nccnc4n3)c(C)c2)CC1. The fraction of sp³-hybridized carbons (Fsp3) is 0.350. The van der Waals surface area contributed by atoms with Gasteiger partial charge >= 0.3 is 0 Å². The summed E-state index contributed by atoms with van der Waals surface area (Å²) >= 11 is 0. The molecule has 0 amide bonds. The third kappa shape index (κ3) is 3.46. The number of nitrogens with zero attached hydrogens (tertiary/aromatic N) is 5.